The predicted molar refractivity (Wildman–Crippen MR) is 74.1 cm³/mol. The number of nitrogens with two attached hydrogens (primary N) is 1. The Morgan fingerprint density at radius 2 is 2.16 bits per heavy atom. The zero-order valence-corrected chi connectivity index (χ0v) is 11.9. The van der Waals surface area contributed by atoms with E-state index in [1.54, 1.807) is 6.07 Å². The van der Waals surface area contributed by atoms with Gasteiger partial charge < -0.3 is 10.6 Å². The van der Waals surface area contributed by atoms with Crippen molar-refractivity contribution < 1.29 is 8.42 Å². The topological polar surface area (TPSA) is 88.3 Å². The highest BCUT2D eigenvalue weighted by atomic mass is 32.2. The van der Waals surface area contributed by atoms with Crippen LogP contribution in [0.3, 0.4) is 0 Å². The molecule has 1 saturated heterocycles. The maximum atomic E-state index is 12.2. The van der Waals surface area contributed by atoms with Crippen LogP contribution in [0.1, 0.15) is 19.8 Å². The van der Waals surface area contributed by atoms with E-state index in [2.05, 4.69) is 14.6 Å². The van der Waals surface area contributed by atoms with Crippen LogP contribution < -0.4 is 10.5 Å². The average Bonchev–Trinajstić information content (AvgIpc) is 2.81. The Morgan fingerprint density at radius 3 is 2.79 bits per heavy atom. The van der Waals surface area contributed by atoms with Gasteiger partial charge in [-0.25, -0.2) is 18.1 Å². The molecule has 1 aliphatic rings. The number of likely N-dealkylation sites (tertiary alicyclic amines) is 1. The van der Waals surface area contributed by atoms with Gasteiger partial charge in [0.15, 0.2) is 0 Å². The second-order valence-corrected chi connectivity index (χ2v) is 6.60. The predicted octanol–water partition coefficient (Wildman–Crippen LogP) is 0.426. The number of sulfonamides is 1. The van der Waals surface area contributed by atoms with Gasteiger partial charge in [-0.1, -0.05) is 0 Å². The number of hydrogen-bond donors (Lipinski definition) is 2. The summed E-state index contributed by atoms with van der Waals surface area (Å²) in [5.41, 5.74) is 5.61. The summed E-state index contributed by atoms with van der Waals surface area (Å²) >= 11 is 0. The van der Waals surface area contributed by atoms with Crippen LogP contribution in [0.5, 0.6) is 0 Å². The number of nitrogen functional groups attached to an aromatic ring is 1. The molecule has 0 amide bonds. The molecule has 0 radical (unpaired) electrons. The van der Waals surface area contributed by atoms with Gasteiger partial charge in [-0.15, -0.1) is 0 Å². The van der Waals surface area contributed by atoms with E-state index in [4.69, 9.17) is 5.73 Å². The second-order valence-electron chi connectivity index (χ2n) is 4.92. The van der Waals surface area contributed by atoms with Gasteiger partial charge in [0, 0.05) is 18.8 Å². The van der Waals surface area contributed by atoms with E-state index in [9.17, 15) is 8.42 Å². The first-order valence-corrected chi connectivity index (χ1v) is 7.92. The van der Waals surface area contributed by atoms with E-state index in [-0.39, 0.29) is 16.8 Å². The fraction of sp³-hybridized carbons (Fsp3) is 0.583. The van der Waals surface area contributed by atoms with Crippen molar-refractivity contribution in [3.8, 4) is 0 Å². The van der Waals surface area contributed by atoms with Crippen LogP contribution in [0.15, 0.2) is 23.2 Å². The Balaban J connectivity index is 2.02. The van der Waals surface area contributed by atoms with Gasteiger partial charge in [-0.05, 0) is 45.0 Å². The van der Waals surface area contributed by atoms with E-state index in [0.29, 0.717) is 0 Å². The molecule has 1 aliphatic heterocycles. The summed E-state index contributed by atoms with van der Waals surface area (Å²) in [7, 11) is -3.60. The second kappa shape index (κ2) is 5.85. The highest BCUT2D eigenvalue weighted by Crippen LogP contribution is 2.15. The number of nitrogens with one attached hydrogen (secondary N) is 1. The van der Waals surface area contributed by atoms with Crippen LogP contribution in [-0.2, 0) is 10.0 Å². The SMILES string of the molecule is CC(CN1CCCC1)NS(=O)(=O)c1cccnc1N. The summed E-state index contributed by atoms with van der Waals surface area (Å²) in [5.74, 6) is 0.0309. The first kappa shape index (κ1) is 14.2. The summed E-state index contributed by atoms with van der Waals surface area (Å²) < 4.78 is 27.0. The van der Waals surface area contributed by atoms with Gasteiger partial charge in [-0.2, -0.15) is 0 Å². The van der Waals surface area contributed by atoms with Crippen molar-refractivity contribution in [2.45, 2.75) is 30.7 Å². The van der Waals surface area contributed by atoms with Crippen molar-refractivity contribution in [2.75, 3.05) is 25.4 Å². The lowest BCUT2D eigenvalue weighted by Crippen LogP contribution is -2.41. The van der Waals surface area contributed by atoms with Crippen molar-refractivity contribution in [3.63, 3.8) is 0 Å². The lowest BCUT2D eigenvalue weighted by atomic mass is 10.3. The number of anilines is 1. The third-order valence-corrected chi connectivity index (χ3v) is 4.81. The molecule has 0 saturated carbocycles. The molecule has 2 rings (SSSR count). The van der Waals surface area contributed by atoms with E-state index in [1.165, 1.54) is 25.1 Å². The van der Waals surface area contributed by atoms with E-state index >= 15 is 0 Å². The van der Waals surface area contributed by atoms with Crippen molar-refractivity contribution in [3.05, 3.63) is 18.3 Å². The quantitative estimate of drug-likeness (QED) is 0.818. The Bertz CT molecular complexity index is 526. The zero-order chi connectivity index (χ0) is 13.9. The van der Waals surface area contributed by atoms with Gasteiger partial charge in [0.05, 0.1) is 0 Å². The molecule has 0 aliphatic carbocycles. The van der Waals surface area contributed by atoms with Crippen molar-refractivity contribution in [1.82, 2.24) is 14.6 Å². The molecular formula is C12H20N4O2S. The normalized spacial score (nSPS) is 18.6. The van der Waals surface area contributed by atoms with Gasteiger partial charge >= 0.3 is 0 Å². The summed E-state index contributed by atoms with van der Waals surface area (Å²) in [6.07, 6.45) is 3.85. The Labute approximate surface area is 114 Å². The number of aromatic nitrogens is 1. The summed E-state index contributed by atoms with van der Waals surface area (Å²) in [4.78, 5) is 6.11. The first-order chi connectivity index (χ1) is 8.99. The lowest BCUT2D eigenvalue weighted by molar-refractivity contribution is 0.313. The number of pyridine rings is 1. The van der Waals surface area contributed by atoms with Crippen molar-refractivity contribution in [2.24, 2.45) is 0 Å². The lowest BCUT2D eigenvalue weighted by Gasteiger charge is -2.21. The van der Waals surface area contributed by atoms with Gasteiger partial charge in [0.25, 0.3) is 0 Å². The minimum atomic E-state index is -3.60. The standard InChI is InChI=1S/C12H20N4O2S/c1-10(9-16-7-2-3-8-16)15-19(17,18)11-5-4-6-14-12(11)13/h4-6,10,15H,2-3,7-9H2,1H3,(H2,13,14). The van der Waals surface area contributed by atoms with Crippen molar-refractivity contribution >= 4 is 15.8 Å². The molecule has 106 valence electrons. The molecule has 0 aromatic carbocycles. The first-order valence-electron chi connectivity index (χ1n) is 6.44. The highest BCUT2D eigenvalue weighted by molar-refractivity contribution is 7.89. The van der Waals surface area contributed by atoms with E-state index < -0.39 is 10.0 Å². The highest BCUT2D eigenvalue weighted by Gasteiger charge is 2.22. The maximum Gasteiger partial charge on any atom is 0.244 e. The van der Waals surface area contributed by atoms with E-state index in [1.807, 2.05) is 6.92 Å². The van der Waals surface area contributed by atoms with Gasteiger partial charge in [-0.3, -0.25) is 0 Å². The van der Waals surface area contributed by atoms with Crippen LogP contribution in [0.2, 0.25) is 0 Å². The molecule has 19 heavy (non-hydrogen) atoms. The molecule has 6 nitrogen and oxygen atoms in total. The number of rotatable bonds is 5. The van der Waals surface area contributed by atoms with Crippen molar-refractivity contribution in [1.29, 1.82) is 0 Å². The molecule has 3 N–H and O–H groups in total. The smallest absolute Gasteiger partial charge is 0.244 e. The van der Waals surface area contributed by atoms with Crippen LogP contribution in [0, 0.1) is 0 Å². The average molecular weight is 284 g/mol. The van der Waals surface area contributed by atoms with Crippen LogP contribution in [-0.4, -0.2) is 44.0 Å². The number of nitrogens with zero attached hydrogens (tertiary/aromatic N) is 2. The molecule has 1 aromatic rings. The molecule has 7 heteroatoms. The largest absolute Gasteiger partial charge is 0.383 e. The van der Waals surface area contributed by atoms with Crippen LogP contribution >= 0.6 is 0 Å². The Morgan fingerprint density at radius 1 is 1.47 bits per heavy atom. The minimum absolute atomic E-state index is 0.0309. The maximum absolute atomic E-state index is 12.2. The number of hydrogen-bond acceptors (Lipinski definition) is 5. The molecule has 0 bridgehead atoms. The Hall–Kier alpha value is -1.18. The van der Waals surface area contributed by atoms with E-state index in [0.717, 1.165) is 19.6 Å². The Kier molecular flexibility index (Phi) is 4.38. The third kappa shape index (κ3) is 3.65. The van der Waals surface area contributed by atoms with Crippen LogP contribution in [0.25, 0.3) is 0 Å². The third-order valence-electron chi connectivity index (χ3n) is 3.18. The summed E-state index contributed by atoms with van der Waals surface area (Å²) in [6.45, 7) is 4.67. The van der Waals surface area contributed by atoms with Gasteiger partial charge in [0.2, 0.25) is 10.0 Å². The molecule has 1 fully saturated rings. The monoisotopic (exact) mass is 284 g/mol. The summed E-state index contributed by atoms with van der Waals surface area (Å²) in [6, 6.07) is 2.88. The zero-order valence-electron chi connectivity index (χ0n) is 11.0. The fourth-order valence-corrected chi connectivity index (χ4v) is 3.67. The van der Waals surface area contributed by atoms with Gasteiger partial charge in [0.1, 0.15) is 10.7 Å². The fourth-order valence-electron chi connectivity index (χ4n) is 2.35. The molecule has 1 aromatic heterocycles. The minimum Gasteiger partial charge on any atom is -0.383 e. The molecule has 0 spiro atoms. The molecular weight excluding hydrogens is 264 g/mol. The summed E-state index contributed by atoms with van der Waals surface area (Å²) in [5, 5.41) is 0. The molecule has 1 unspecified atom stereocenters. The van der Waals surface area contributed by atoms with Crippen LogP contribution in [0.4, 0.5) is 5.82 Å². The molecule has 1 atom stereocenters. The molecule has 2 heterocycles.